The predicted octanol–water partition coefficient (Wildman–Crippen LogP) is 2.99. The monoisotopic (exact) mass is 260 g/mol. The van der Waals surface area contributed by atoms with Gasteiger partial charge in [0.2, 0.25) is 0 Å². The van der Waals surface area contributed by atoms with Crippen molar-refractivity contribution in [3.8, 4) is 0 Å². The summed E-state index contributed by atoms with van der Waals surface area (Å²) < 4.78 is 0. The molecule has 2 aromatic rings. The zero-order chi connectivity index (χ0) is 13.0. The van der Waals surface area contributed by atoms with Crippen LogP contribution in [-0.4, -0.2) is 17.4 Å². The molecule has 0 saturated heterocycles. The predicted molar refractivity (Wildman–Crippen MR) is 75.6 cm³/mol. The standard InChI is InChI=1S/C14H16N2OS/c1-2-16(14(17)13-8-5-9-18-13)10-11-6-3-4-7-12(11)15/h3-9H,2,10,15H2,1H3. The van der Waals surface area contributed by atoms with Gasteiger partial charge in [-0.25, -0.2) is 0 Å². The third-order valence-corrected chi connectivity index (χ3v) is 3.68. The molecule has 0 saturated carbocycles. The maximum Gasteiger partial charge on any atom is 0.264 e. The number of nitrogen functional groups attached to an aromatic ring is 1. The third kappa shape index (κ3) is 2.71. The second-order valence-electron chi connectivity index (χ2n) is 4.00. The number of benzene rings is 1. The van der Waals surface area contributed by atoms with Crippen LogP contribution in [0.3, 0.4) is 0 Å². The van der Waals surface area contributed by atoms with Crippen molar-refractivity contribution >= 4 is 22.9 Å². The lowest BCUT2D eigenvalue weighted by molar-refractivity contribution is 0.0758. The van der Waals surface area contributed by atoms with E-state index in [1.165, 1.54) is 11.3 Å². The van der Waals surface area contributed by atoms with Crippen molar-refractivity contribution in [1.29, 1.82) is 0 Å². The van der Waals surface area contributed by atoms with Gasteiger partial charge in [-0.15, -0.1) is 11.3 Å². The van der Waals surface area contributed by atoms with E-state index < -0.39 is 0 Å². The fourth-order valence-electron chi connectivity index (χ4n) is 1.77. The SMILES string of the molecule is CCN(Cc1ccccc1N)C(=O)c1cccs1. The number of nitrogens with two attached hydrogens (primary N) is 1. The van der Waals surface area contributed by atoms with Gasteiger partial charge in [0.25, 0.3) is 5.91 Å². The van der Waals surface area contributed by atoms with Crippen molar-refractivity contribution in [3.63, 3.8) is 0 Å². The van der Waals surface area contributed by atoms with Crippen LogP contribution in [0.2, 0.25) is 0 Å². The molecule has 2 N–H and O–H groups in total. The summed E-state index contributed by atoms with van der Waals surface area (Å²) in [6.07, 6.45) is 0. The van der Waals surface area contributed by atoms with E-state index in [0.717, 1.165) is 16.1 Å². The molecule has 0 aliphatic rings. The number of nitrogens with zero attached hydrogens (tertiary/aromatic N) is 1. The van der Waals surface area contributed by atoms with Gasteiger partial charge < -0.3 is 10.6 Å². The zero-order valence-corrected chi connectivity index (χ0v) is 11.1. The van der Waals surface area contributed by atoms with Crippen molar-refractivity contribution in [2.24, 2.45) is 0 Å². The van der Waals surface area contributed by atoms with E-state index in [-0.39, 0.29) is 5.91 Å². The summed E-state index contributed by atoms with van der Waals surface area (Å²) in [7, 11) is 0. The Morgan fingerprint density at radius 3 is 2.67 bits per heavy atom. The highest BCUT2D eigenvalue weighted by molar-refractivity contribution is 7.12. The van der Waals surface area contributed by atoms with Crippen LogP contribution in [0, 0.1) is 0 Å². The van der Waals surface area contributed by atoms with Gasteiger partial charge in [0.1, 0.15) is 0 Å². The molecule has 1 aromatic carbocycles. The van der Waals surface area contributed by atoms with Gasteiger partial charge in [-0.3, -0.25) is 4.79 Å². The number of hydrogen-bond acceptors (Lipinski definition) is 3. The first-order valence-electron chi connectivity index (χ1n) is 5.88. The average Bonchev–Trinajstić information content (AvgIpc) is 2.91. The number of carbonyl (C=O) groups excluding carboxylic acids is 1. The molecule has 3 nitrogen and oxygen atoms in total. The first kappa shape index (κ1) is 12.6. The van der Waals surface area contributed by atoms with E-state index in [2.05, 4.69) is 0 Å². The third-order valence-electron chi connectivity index (χ3n) is 2.82. The van der Waals surface area contributed by atoms with Crippen molar-refractivity contribution in [1.82, 2.24) is 4.90 Å². The van der Waals surface area contributed by atoms with Gasteiger partial charge >= 0.3 is 0 Å². The summed E-state index contributed by atoms with van der Waals surface area (Å²) in [5.41, 5.74) is 7.63. The minimum absolute atomic E-state index is 0.0655. The van der Waals surface area contributed by atoms with Gasteiger partial charge in [0, 0.05) is 18.8 Å². The molecule has 1 aromatic heterocycles. The Balaban J connectivity index is 2.15. The maximum atomic E-state index is 12.2. The molecule has 4 heteroatoms. The number of anilines is 1. The van der Waals surface area contributed by atoms with Crippen LogP contribution >= 0.6 is 11.3 Å². The lowest BCUT2D eigenvalue weighted by Crippen LogP contribution is -2.30. The van der Waals surface area contributed by atoms with E-state index in [9.17, 15) is 4.79 Å². The maximum absolute atomic E-state index is 12.2. The van der Waals surface area contributed by atoms with E-state index in [1.54, 1.807) is 4.90 Å². The van der Waals surface area contributed by atoms with Crippen LogP contribution in [0.5, 0.6) is 0 Å². The Bertz CT molecular complexity index is 522. The highest BCUT2D eigenvalue weighted by Crippen LogP contribution is 2.17. The van der Waals surface area contributed by atoms with Crippen LogP contribution in [0.15, 0.2) is 41.8 Å². The summed E-state index contributed by atoms with van der Waals surface area (Å²) in [6.45, 7) is 3.20. The van der Waals surface area contributed by atoms with E-state index in [0.29, 0.717) is 13.1 Å². The summed E-state index contributed by atoms with van der Waals surface area (Å²) in [6, 6.07) is 11.4. The van der Waals surface area contributed by atoms with Crippen molar-refractivity contribution in [3.05, 3.63) is 52.2 Å². The quantitative estimate of drug-likeness (QED) is 0.859. The Labute approximate surface area is 111 Å². The molecule has 0 atom stereocenters. The smallest absolute Gasteiger partial charge is 0.264 e. The second-order valence-corrected chi connectivity index (χ2v) is 4.94. The number of rotatable bonds is 4. The van der Waals surface area contributed by atoms with Gasteiger partial charge in [-0.1, -0.05) is 24.3 Å². The number of hydrogen-bond donors (Lipinski definition) is 1. The summed E-state index contributed by atoms with van der Waals surface area (Å²) >= 11 is 1.47. The van der Waals surface area contributed by atoms with Gasteiger partial charge in [-0.2, -0.15) is 0 Å². The van der Waals surface area contributed by atoms with Crippen molar-refractivity contribution in [2.45, 2.75) is 13.5 Å². The van der Waals surface area contributed by atoms with Crippen LogP contribution in [-0.2, 0) is 6.54 Å². The van der Waals surface area contributed by atoms with Gasteiger partial charge in [0.05, 0.1) is 4.88 Å². The highest BCUT2D eigenvalue weighted by atomic mass is 32.1. The molecule has 94 valence electrons. The molecule has 2 rings (SSSR count). The topological polar surface area (TPSA) is 46.3 Å². The molecule has 0 bridgehead atoms. The van der Waals surface area contributed by atoms with Crippen molar-refractivity contribution < 1.29 is 4.79 Å². The fourth-order valence-corrected chi connectivity index (χ4v) is 2.46. The Morgan fingerprint density at radius 1 is 1.28 bits per heavy atom. The molecule has 18 heavy (non-hydrogen) atoms. The highest BCUT2D eigenvalue weighted by Gasteiger charge is 2.15. The average molecular weight is 260 g/mol. The molecular formula is C14H16N2OS. The van der Waals surface area contributed by atoms with Crippen LogP contribution in [0.25, 0.3) is 0 Å². The Kier molecular flexibility index (Phi) is 3.99. The van der Waals surface area contributed by atoms with Crippen LogP contribution in [0.1, 0.15) is 22.2 Å². The first-order valence-corrected chi connectivity index (χ1v) is 6.76. The number of thiophene rings is 1. The largest absolute Gasteiger partial charge is 0.398 e. The summed E-state index contributed by atoms with van der Waals surface area (Å²) in [4.78, 5) is 14.8. The molecule has 0 aliphatic carbocycles. The number of amides is 1. The van der Waals surface area contributed by atoms with Gasteiger partial charge in [-0.05, 0) is 30.0 Å². The van der Waals surface area contributed by atoms with E-state index in [4.69, 9.17) is 5.73 Å². The minimum atomic E-state index is 0.0655. The molecular weight excluding hydrogens is 244 g/mol. The molecule has 0 unspecified atom stereocenters. The zero-order valence-electron chi connectivity index (χ0n) is 10.3. The van der Waals surface area contributed by atoms with Crippen molar-refractivity contribution in [2.75, 3.05) is 12.3 Å². The van der Waals surface area contributed by atoms with E-state index in [1.807, 2.05) is 48.7 Å². The van der Waals surface area contributed by atoms with Crippen LogP contribution < -0.4 is 5.73 Å². The fraction of sp³-hybridized carbons (Fsp3) is 0.214. The molecule has 1 heterocycles. The number of para-hydroxylation sites is 1. The van der Waals surface area contributed by atoms with Crippen LogP contribution in [0.4, 0.5) is 5.69 Å². The lowest BCUT2D eigenvalue weighted by Gasteiger charge is -2.21. The summed E-state index contributed by atoms with van der Waals surface area (Å²) in [5, 5.41) is 1.91. The van der Waals surface area contributed by atoms with E-state index >= 15 is 0 Å². The second kappa shape index (κ2) is 5.69. The molecule has 0 fully saturated rings. The number of carbonyl (C=O) groups is 1. The Morgan fingerprint density at radius 2 is 2.06 bits per heavy atom. The molecule has 1 amide bonds. The Hall–Kier alpha value is -1.81. The van der Waals surface area contributed by atoms with Gasteiger partial charge in [0.15, 0.2) is 0 Å². The molecule has 0 radical (unpaired) electrons. The lowest BCUT2D eigenvalue weighted by atomic mass is 10.1. The summed E-state index contributed by atoms with van der Waals surface area (Å²) in [5.74, 6) is 0.0655. The normalized spacial score (nSPS) is 10.3. The molecule has 0 spiro atoms. The minimum Gasteiger partial charge on any atom is -0.398 e. The first-order chi connectivity index (χ1) is 8.72. The molecule has 0 aliphatic heterocycles.